The molecule has 2 saturated heterocycles. The van der Waals surface area contributed by atoms with Gasteiger partial charge in [-0.15, -0.1) is 0 Å². The molecule has 5 nitrogen and oxygen atoms in total. The van der Waals surface area contributed by atoms with Crippen LogP contribution in [-0.4, -0.2) is 55.8 Å². The zero-order chi connectivity index (χ0) is 13.3. The second-order valence-corrected chi connectivity index (χ2v) is 7.82. The van der Waals surface area contributed by atoms with E-state index in [1.54, 1.807) is 8.61 Å². The maximum absolute atomic E-state index is 12.7. The molecule has 0 saturated carbocycles. The van der Waals surface area contributed by atoms with E-state index in [0.29, 0.717) is 31.5 Å². The Kier molecular flexibility index (Phi) is 4.31. The van der Waals surface area contributed by atoms with Gasteiger partial charge in [-0.05, 0) is 25.2 Å². The Balaban J connectivity index is 2.14. The molecule has 0 radical (unpaired) electrons. The van der Waals surface area contributed by atoms with Crippen molar-refractivity contribution >= 4 is 10.2 Å². The average Bonchev–Trinajstić information content (AvgIpc) is 2.28. The van der Waals surface area contributed by atoms with Crippen molar-refractivity contribution in [3.05, 3.63) is 0 Å². The first-order valence-electron chi connectivity index (χ1n) is 6.89. The van der Waals surface area contributed by atoms with Gasteiger partial charge in [-0.1, -0.05) is 13.8 Å². The Hall–Kier alpha value is -0.170. The van der Waals surface area contributed by atoms with E-state index in [9.17, 15) is 8.42 Å². The zero-order valence-corrected chi connectivity index (χ0v) is 12.4. The van der Waals surface area contributed by atoms with Gasteiger partial charge in [-0.25, -0.2) is 0 Å². The lowest BCUT2D eigenvalue weighted by atomic mass is 9.94. The summed E-state index contributed by atoms with van der Waals surface area (Å²) < 4.78 is 28.7. The highest BCUT2D eigenvalue weighted by atomic mass is 32.2. The minimum absolute atomic E-state index is 0.0521. The molecule has 0 aromatic carbocycles. The van der Waals surface area contributed by atoms with Gasteiger partial charge in [0, 0.05) is 38.8 Å². The van der Waals surface area contributed by atoms with Crippen LogP contribution >= 0.6 is 0 Å². The molecule has 106 valence electrons. The maximum atomic E-state index is 12.7. The van der Waals surface area contributed by atoms with Gasteiger partial charge in [-0.3, -0.25) is 0 Å². The van der Waals surface area contributed by atoms with E-state index in [1.165, 1.54) is 0 Å². The van der Waals surface area contributed by atoms with Gasteiger partial charge in [-0.2, -0.15) is 17.0 Å². The van der Waals surface area contributed by atoms with E-state index in [4.69, 9.17) is 0 Å². The van der Waals surface area contributed by atoms with Crippen LogP contribution in [0.4, 0.5) is 0 Å². The molecule has 6 heteroatoms. The Morgan fingerprint density at radius 2 is 1.72 bits per heavy atom. The summed E-state index contributed by atoms with van der Waals surface area (Å²) in [5.41, 5.74) is 0. The van der Waals surface area contributed by atoms with Gasteiger partial charge in [0.2, 0.25) is 0 Å². The van der Waals surface area contributed by atoms with E-state index in [1.807, 2.05) is 6.92 Å². The van der Waals surface area contributed by atoms with Gasteiger partial charge in [0.1, 0.15) is 0 Å². The third kappa shape index (κ3) is 2.87. The summed E-state index contributed by atoms with van der Waals surface area (Å²) in [7, 11) is -3.27. The molecule has 2 aliphatic rings. The third-order valence-electron chi connectivity index (χ3n) is 3.90. The van der Waals surface area contributed by atoms with Crippen LogP contribution in [0.3, 0.4) is 0 Å². The van der Waals surface area contributed by atoms with Crippen LogP contribution in [0.25, 0.3) is 0 Å². The monoisotopic (exact) mass is 275 g/mol. The summed E-state index contributed by atoms with van der Waals surface area (Å²) in [6.45, 7) is 9.68. The molecule has 0 spiro atoms. The van der Waals surface area contributed by atoms with Crippen molar-refractivity contribution in [1.29, 1.82) is 0 Å². The van der Waals surface area contributed by atoms with Crippen molar-refractivity contribution in [3.63, 3.8) is 0 Å². The number of hydrogen-bond acceptors (Lipinski definition) is 3. The molecule has 1 N–H and O–H groups in total. The third-order valence-corrected chi connectivity index (χ3v) is 5.98. The normalized spacial score (nSPS) is 36.7. The molecular weight excluding hydrogens is 250 g/mol. The predicted molar refractivity (Wildman–Crippen MR) is 72.5 cm³/mol. The molecule has 0 aliphatic carbocycles. The fourth-order valence-electron chi connectivity index (χ4n) is 3.11. The number of nitrogens with one attached hydrogen (secondary N) is 1. The topological polar surface area (TPSA) is 52.7 Å². The van der Waals surface area contributed by atoms with E-state index >= 15 is 0 Å². The zero-order valence-electron chi connectivity index (χ0n) is 11.6. The van der Waals surface area contributed by atoms with Crippen LogP contribution in [0, 0.1) is 11.8 Å². The molecule has 0 unspecified atom stereocenters. The molecule has 0 amide bonds. The molecule has 0 aromatic heterocycles. The van der Waals surface area contributed by atoms with Gasteiger partial charge in [0.25, 0.3) is 10.2 Å². The molecular formula is C12H25N3O2S. The van der Waals surface area contributed by atoms with E-state index < -0.39 is 10.2 Å². The van der Waals surface area contributed by atoms with Gasteiger partial charge in [0.05, 0.1) is 0 Å². The number of rotatable bonds is 2. The number of piperidine rings is 1. The molecule has 2 aliphatic heterocycles. The highest BCUT2D eigenvalue weighted by Gasteiger charge is 2.37. The second kappa shape index (κ2) is 5.45. The quantitative estimate of drug-likeness (QED) is 0.798. The smallest absolute Gasteiger partial charge is 0.282 e. The van der Waals surface area contributed by atoms with Crippen LogP contribution in [-0.2, 0) is 10.2 Å². The molecule has 2 rings (SSSR count). The van der Waals surface area contributed by atoms with Gasteiger partial charge in [0.15, 0.2) is 0 Å². The summed E-state index contributed by atoms with van der Waals surface area (Å²) in [5.74, 6) is 0.920. The highest BCUT2D eigenvalue weighted by Crippen LogP contribution is 2.25. The van der Waals surface area contributed by atoms with Crippen LogP contribution in [0.1, 0.15) is 27.2 Å². The molecule has 3 atom stereocenters. The van der Waals surface area contributed by atoms with Gasteiger partial charge >= 0.3 is 0 Å². The minimum atomic E-state index is -3.27. The number of piperazine rings is 1. The molecule has 2 heterocycles. The second-order valence-electron chi connectivity index (χ2n) is 5.93. The lowest BCUT2D eigenvalue weighted by Crippen LogP contribution is -2.58. The fraction of sp³-hybridized carbons (Fsp3) is 1.00. The Labute approximate surface area is 111 Å². The lowest BCUT2D eigenvalue weighted by molar-refractivity contribution is 0.194. The van der Waals surface area contributed by atoms with E-state index in [-0.39, 0.29) is 6.04 Å². The fourth-order valence-corrected chi connectivity index (χ4v) is 5.14. The van der Waals surface area contributed by atoms with Crippen LogP contribution < -0.4 is 5.32 Å². The summed E-state index contributed by atoms with van der Waals surface area (Å²) in [5, 5.41) is 3.23. The first-order valence-corrected chi connectivity index (χ1v) is 8.28. The number of nitrogens with zero attached hydrogens (tertiary/aromatic N) is 2. The molecule has 18 heavy (non-hydrogen) atoms. The summed E-state index contributed by atoms with van der Waals surface area (Å²) in [6.07, 6.45) is 1.13. The van der Waals surface area contributed by atoms with Crippen molar-refractivity contribution in [2.75, 3.05) is 32.7 Å². The molecule has 0 aromatic rings. The number of hydrogen-bond donors (Lipinski definition) is 1. The lowest BCUT2D eigenvalue weighted by Gasteiger charge is -2.40. The summed E-state index contributed by atoms with van der Waals surface area (Å²) in [4.78, 5) is 0. The van der Waals surface area contributed by atoms with Gasteiger partial charge < -0.3 is 5.32 Å². The SMILES string of the molecule is C[C@@H]1C[C@@H](C)CN(S(=O)(=O)N2CCNC[C@@H]2C)C1. The van der Waals surface area contributed by atoms with Crippen LogP contribution in [0.15, 0.2) is 0 Å². The van der Waals surface area contributed by atoms with Crippen molar-refractivity contribution in [3.8, 4) is 0 Å². The Bertz CT molecular complexity index is 375. The van der Waals surface area contributed by atoms with E-state index in [0.717, 1.165) is 19.5 Å². The van der Waals surface area contributed by atoms with Crippen LogP contribution in [0.2, 0.25) is 0 Å². The largest absolute Gasteiger partial charge is 0.314 e. The van der Waals surface area contributed by atoms with Crippen molar-refractivity contribution in [2.45, 2.75) is 33.2 Å². The summed E-state index contributed by atoms with van der Waals surface area (Å²) >= 11 is 0. The first-order chi connectivity index (χ1) is 8.41. The predicted octanol–water partition coefficient (Wildman–Crippen LogP) is 0.503. The maximum Gasteiger partial charge on any atom is 0.282 e. The molecule has 0 bridgehead atoms. The van der Waals surface area contributed by atoms with Crippen molar-refractivity contribution < 1.29 is 8.42 Å². The average molecular weight is 275 g/mol. The first kappa shape index (κ1) is 14.2. The molecule has 2 fully saturated rings. The highest BCUT2D eigenvalue weighted by molar-refractivity contribution is 7.86. The van der Waals surface area contributed by atoms with Crippen molar-refractivity contribution in [2.24, 2.45) is 11.8 Å². The minimum Gasteiger partial charge on any atom is -0.314 e. The summed E-state index contributed by atoms with van der Waals surface area (Å²) in [6, 6.07) is 0.0521. The van der Waals surface area contributed by atoms with Crippen molar-refractivity contribution in [1.82, 2.24) is 13.9 Å². The van der Waals surface area contributed by atoms with Crippen LogP contribution in [0.5, 0.6) is 0 Å². The Morgan fingerprint density at radius 3 is 2.28 bits per heavy atom. The standard InChI is InChI=1S/C12H25N3O2S/c1-10-6-11(2)9-14(8-10)18(16,17)15-5-4-13-7-12(15)3/h10-13H,4-9H2,1-3H3/t10-,11-,12+/m1/s1. The van der Waals surface area contributed by atoms with E-state index in [2.05, 4.69) is 19.2 Å². The Morgan fingerprint density at radius 1 is 1.11 bits per heavy atom.